The number of aromatic nitrogens is 2. The fourth-order valence-corrected chi connectivity index (χ4v) is 4.97. The number of allylic oxidation sites excluding steroid dienone is 5. The van der Waals surface area contributed by atoms with Gasteiger partial charge in [-0.25, -0.2) is 4.98 Å². The molecule has 2 aromatic heterocycles. The van der Waals surface area contributed by atoms with Crippen molar-refractivity contribution in [2.45, 2.75) is 45.6 Å². The van der Waals surface area contributed by atoms with Gasteiger partial charge in [-0.1, -0.05) is 17.7 Å². The van der Waals surface area contributed by atoms with Crippen LogP contribution in [0.15, 0.2) is 62.6 Å². The molecule has 1 unspecified atom stereocenters. The molecule has 0 amide bonds. The molecule has 0 bridgehead atoms. The molecule has 6 nitrogen and oxygen atoms in total. The molecule has 5 rings (SSSR count). The SMILES string of the molecule is CC1=NC2=C(CC/C=C(/c3cc(=O)n4cc(N5CCNC(C)C5)ccc4n3)C=C2Cl)CC1. The molecule has 0 saturated carbocycles. The van der Waals surface area contributed by atoms with Crippen molar-refractivity contribution in [3.05, 3.63) is 68.9 Å². The number of pyridine rings is 1. The first-order valence-corrected chi connectivity index (χ1v) is 11.7. The number of rotatable bonds is 2. The van der Waals surface area contributed by atoms with Crippen LogP contribution < -0.4 is 15.8 Å². The second-order valence-electron chi connectivity index (χ2n) is 8.89. The third kappa shape index (κ3) is 4.17. The molecule has 7 heteroatoms. The number of hydrogen-bond acceptors (Lipinski definition) is 5. The van der Waals surface area contributed by atoms with E-state index < -0.39 is 0 Å². The van der Waals surface area contributed by atoms with Gasteiger partial charge in [0, 0.05) is 43.7 Å². The lowest BCUT2D eigenvalue weighted by Crippen LogP contribution is -2.49. The van der Waals surface area contributed by atoms with Gasteiger partial charge in [0.25, 0.3) is 5.56 Å². The van der Waals surface area contributed by atoms with Gasteiger partial charge in [-0.2, -0.15) is 0 Å². The van der Waals surface area contributed by atoms with Crippen molar-refractivity contribution in [2.24, 2.45) is 4.99 Å². The molecule has 4 heterocycles. The molecule has 1 saturated heterocycles. The van der Waals surface area contributed by atoms with Crippen LogP contribution >= 0.6 is 11.6 Å². The van der Waals surface area contributed by atoms with E-state index in [-0.39, 0.29) is 5.56 Å². The zero-order valence-corrected chi connectivity index (χ0v) is 19.3. The number of hydrogen-bond donors (Lipinski definition) is 1. The average Bonchev–Trinajstić information content (AvgIpc) is 2.77. The van der Waals surface area contributed by atoms with E-state index in [2.05, 4.69) is 29.3 Å². The van der Waals surface area contributed by atoms with Gasteiger partial charge in [0.15, 0.2) is 0 Å². The van der Waals surface area contributed by atoms with Crippen molar-refractivity contribution in [3.8, 4) is 0 Å². The van der Waals surface area contributed by atoms with Gasteiger partial charge in [-0.3, -0.25) is 14.2 Å². The Kier molecular flexibility index (Phi) is 5.74. The van der Waals surface area contributed by atoms with Crippen molar-refractivity contribution in [2.75, 3.05) is 24.5 Å². The number of anilines is 1. The van der Waals surface area contributed by atoms with Crippen LogP contribution in [0, 0.1) is 0 Å². The topological polar surface area (TPSA) is 62.0 Å². The fraction of sp³-hybridized carbons (Fsp3) is 0.400. The molecular weight excluding hydrogens is 422 g/mol. The Morgan fingerprint density at radius 3 is 2.94 bits per heavy atom. The molecule has 1 atom stereocenters. The number of piperazine rings is 1. The van der Waals surface area contributed by atoms with E-state index in [0.29, 0.717) is 22.4 Å². The largest absolute Gasteiger partial charge is 0.368 e. The monoisotopic (exact) mass is 449 g/mol. The Morgan fingerprint density at radius 2 is 2.09 bits per heavy atom. The predicted octanol–water partition coefficient (Wildman–Crippen LogP) is 4.30. The number of halogens is 1. The third-order valence-electron chi connectivity index (χ3n) is 6.42. The second-order valence-corrected chi connectivity index (χ2v) is 9.29. The van der Waals surface area contributed by atoms with Crippen molar-refractivity contribution in [1.82, 2.24) is 14.7 Å². The smallest absolute Gasteiger partial charge is 0.258 e. The minimum Gasteiger partial charge on any atom is -0.368 e. The van der Waals surface area contributed by atoms with Gasteiger partial charge in [-0.05, 0) is 68.9 Å². The molecule has 3 aliphatic rings. The molecule has 1 fully saturated rings. The summed E-state index contributed by atoms with van der Waals surface area (Å²) in [4.78, 5) is 24.8. The maximum absolute atomic E-state index is 13.0. The van der Waals surface area contributed by atoms with Crippen molar-refractivity contribution >= 4 is 34.2 Å². The summed E-state index contributed by atoms with van der Waals surface area (Å²) >= 11 is 6.69. The number of fused-ring (bicyclic) bond motifs is 1. The highest BCUT2D eigenvalue weighted by atomic mass is 35.5. The minimum absolute atomic E-state index is 0.0889. The van der Waals surface area contributed by atoms with E-state index in [9.17, 15) is 4.79 Å². The maximum atomic E-state index is 13.0. The van der Waals surface area contributed by atoms with Crippen LogP contribution in [-0.2, 0) is 0 Å². The second kappa shape index (κ2) is 8.68. The normalized spacial score (nSPS) is 23.7. The molecule has 1 aliphatic carbocycles. The summed E-state index contributed by atoms with van der Waals surface area (Å²) in [5.74, 6) is 0. The van der Waals surface area contributed by atoms with Crippen molar-refractivity contribution in [3.63, 3.8) is 0 Å². The molecule has 166 valence electrons. The number of nitrogens with one attached hydrogen (secondary N) is 1. The zero-order valence-electron chi connectivity index (χ0n) is 18.6. The van der Waals surface area contributed by atoms with Crippen LogP contribution in [0.2, 0.25) is 0 Å². The van der Waals surface area contributed by atoms with Gasteiger partial charge in [-0.15, -0.1) is 0 Å². The maximum Gasteiger partial charge on any atom is 0.258 e. The molecular formula is C25H28ClN5O. The first-order valence-electron chi connectivity index (χ1n) is 11.3. The summed E-state index contributed by atoms with van der Waals surface area (Å²) in [5, 5.41) is 4.07. The third-order valence-corrected chi connectivity index (χ3v) is 6.71. The van der Waals surface area contributed by atoms with E-state index in [4.69, 9.17) is 21.6 Å². The van der Waals surface area contributed by atoms with Gasteiger partial charge in [0.1, 0.15) is 5.65 Å². The fourth-order valence-electron chi connectivity index (χ4n) is 4.68. The lowest BCUT2D eigenvalue weighted by Gasteiger charge is -2.33. The number of aliphatic imine (C=N–C) groups is 1. The molecule has 1 N–H and O–H groups in total. The van der Waals surface area contributed by atoms with E-state index in [1.807, 2.05) is 25.3 Å². The lowest BCUT2D eigenvalue weighted by molar-refractivity contribution is 0.484. The van der Waals surface area contributed by atoms with Crippen LogP contribution in [-0.4, -0.2) is 40.8 Å². The molecule has 2 aromatic rings. The highest BCUT2D eigenvalue weighted by Crippen LogP contribution is 2.34. The lowest BCUT2D eigenvalue weighted by atomic mass is 9.94. The van der Waals surface area contributed by atoms with Crippen molar-refractivity contribution < 1.29 is 0 Å². The summed E-state index contributed by atoms with van der Waals surface area (Å²) in [7, 11) is 0. The van der Waals surface area contributed by atoms with E-state index in [1.54, 1.807) is 10.5 Å². The first-order chi connectivity index (χ1) is 15.5. The molecule has 2 aliphatic heterocycles. The summed E-state index contributed by atoms with van der Waals surface area (Å²) in [6, 6.07) is 6.01. The molecule has 0 radical (unpaired) electrons. The van der Waals surface area contributed by atoms with Crippen molar-refractivity contribution in [1.29, 1.82) is 0 Å². The Bertz CT molecular complexity index is 1250. The quantitative estimate of drug-likeness (QED) is 0.742. The highest BCUT2D eigenvalue weighted by Gasteiger charge is 2.19. The standard InChI is InChI=1S/C25H28ClN5O/c1-16-6-7-18-4-3-5-19(12-21(26)25(18)28-16)22-13-24(32)31-15-20(8-9-23(31)29-22)30-11-10-27-17(2)14-30/h5,8-9,12-13,15,17,27H,3-4,6-7,10-11,14H2,1-2H3/b19-5+,21-12?. The summed E-state index contributed by atoms with van der Waals surface area (Å²) in [6.07, 6.45) is 9.76. The van der Waals surface area contributed by atoms with Crippen LogP contribution in [0.1, 0.15) is 45.2 Å². The van der Waals surface area contributed by atoms with Gasteiger partial charge >= 0.3 is 0 Å². The zero-order chi connectivity index (χ0) is 22.2. The summed E-state index contributed by atoms with van der Waals surface area (Å²) < 4.78 is 1.63. The Hall–Kier alpha value is -2.70. The first kappa shape index (κ1) is 21.2. The average molecular weight is 450 g/mol. The van der Waals surface area contributed by atoms with E-state index in [0.717, 1.165) is 68.0 Å². The number of nitrogens with zero attached hydrogens (tertiary/aromatic N) is 4. The Morgan fingerprint density at radius 1 is 1.22 bits per heavy atom. The van der Waals surface area contributed by atoms with Gasteiger partial charge in [0.05, 0.1) is 22.1 Å². The van der Waals surface area contributed by atoms with Gasteiger partial charge in [0.2, 0.25) is 0 Å². The van der Waals surface area contributed by atoms with Crippen LogP contribution in [0.25, 0.3) is 11.2 Å². The van der Waals surface area contributed by atoms with Crippen LogP contribution in [0.4, 0.5) is 5.69 Å². The Balaban J connectivity index is 1.50. The van der Waals surface area contributed by atoms with Crippen LogP contribution in [0.5, 0.6) is 0 Å². The summed E-state index contributed by atoms with van der Waals surface area (Å²) in [6.45, 7) is 7.00. The van der Waals surface area contributed by atoms with E-state index >= 15 is 0 Å². The minimum atomic E-state index is -0.0889. The molecule has 0 spiro atoms. The molecule has 32 heavy (non-hydrogen) atoms. The summed E-state index contributed by atoms with van der Waals surface area (Å²) in [5.41, 5.74) is 6.43. The van der Waals surface area contributed by atoms with E-state index in [1.165, 1.54) is 5.57 Å². The van der Waals surface area contributed by atoms with Crippen LogP contribution in [0.3, 0.4) is 0 Å². The molecule has 0 aromatic carbocycles. The highest BCUT2D eigenvalue weighted by molar-refractivity contribution is 6.33. The predicted molar refractivity (Wildman–Crippen MR) is 132 cm³/mol. The van der Waals surface area contributed by atoms with Gasteiger partial charge < -0.3 is 10.2 Å². The Labute approximate surface area is 193 Å².